The third-order valence-electron chi connectivity index (χ3n) is 3.72. The molecular weight excluding hydrogens is 275 g/mol. The fraction of sp³-hybridized carbons (Fsp3) is 0.467. The molecule has 1 aromatic rings. The van der Waals surface area contributed by atoms with E-state index in [1.165, 1.54) is 24.3 Å². The van der Waals surface area contributed by atoms with E-state index < -0.39 is 12.1 Å². The summed E-state index contributed by atoms with van der Waals surface area (Å²) in [4.78, 5) is 26.2. The lowest BCUT2D eigenvalue weighted by molar-refractivity contribution is -0.132. The van der Waals surface area contributed by atoms with Crippen LogP contribution < -0.4 is 5.32 Å². The molecule has 2 unspecified atom stereocenters. The molecule has 2 rings (SSSR count). The molecule has 1 aliphatic rings. The topological polar surface area (TPSA) is 58.6 Å². The van der Waals surface area contributed by atoms with Gasteiger partial charge in [-0.2, -0.15) is 0 Å². The monoisotopic (exact) mass is 294 g/mol. The zero-order valence-corrected chi connectivity index (χ0v) is 12.1. The van der Waals surface area contributed by atoms with Gasteiger partial charge in [0, 0.05) is 19.2 Å². The molecule has 1 amide bonds. The molecule has 0 aromatic heterocycles. The predicted molar refractivity (Wildman–Crippen MR) is 75.6 cm³/mol. The van der Waals surface area contributed by atoms with Crippen molar-refractivity contribution in [2.45, 2.75) is 19.0 Å². The molecular formula is C15H19FN2O3. The first-order chi connectivity index (χ1) is 10.0. The molecule has 114 valence electrons. The number of halogens is 1. The van der Waals surface area contributed by atoms with Gasteiger partial charge in [-0.15, -0.1) is 0 Å². The number of nitrogens with one attached hydrogen (secondary N) is 1. The van der Waals surface area contributed by atoms with Crippen molar-refractivity contribution in [3.05, 3.63) is 35.6 Å². The first kappa shape index (κ1) is 15.6. The van der Waals surface area contributed by atoms with Gasteiger partial charge in [-0.05, 0) is 31.2 Å². The van der Waals surface area contributed by atoms with Crippen molar-refractivity contribution in [1.82, 2.24) is 10.2 Å². The van der Waals surface area contributed by atoms with Crippen LogP contribution in [-0.2, 0) is 9.53 Å². The van der Waals surface area contributed by atoms with Crippen LogP contribution in [0.3, 0.4) is 0 Å². The van der Waals surface area contributed by atoms with Gasteiger partial charge in [0.05, 0.1) is 19.3 Å². The van der Waals surface area contributed by atoms with Gasteiger partial charge in [-0.3, -0.25) is 14.5 Å². The molecule has 1 fully saturated rings. The lowest BCUT2D eigenvalue weighted by Crippen LogP contribution is -2.57. The van der Waals surface area contributed by atoms with Crippen molar-refractivity contribution in [2.24, 2.45) is 0 Å². The van der Waals surface area contributed by atoms with Crippen LogP contribution in [0.25, 0.3) is 0 Å². The Morgan fingerprint density at radius 3 is 2.67 bits per heavy atom. The van der Waals surface area contributed by atoms with Crippen molar-refractivity contribution < 1.29 is 18.7 Å². The highest BCUT2D eigenvalue weighted by molar-refractivity contribution is 6.00. The number of amides is 1. The van der Waals surface area contributed by atoms with Crippen LogP contribution in [0.1, 0.15) is 17.3 Å². The summed E-state index contributed by atoms with van der Waals surface area (Å²) in [6.07, 6.45) is 0. The number of hydrogen-bond donors (Lipinski definition) is 1. The molecule has 1 heterocycles. The van der Waals surface area contributed by atoms with Gasteiger partial charge >= 0.3 is 0 Å². The fourth-order valence-corrected chi connectivity index (χ4v) is 2.48. The Balaban J connectivity index is 2.16. The van der Waals surface area contributed by atoms with E-state index in [9.17, 15) is 14.0 Å². The average molecular weight is 294 g/mol. The molecule has 21 heavy (non-hydrogen) atoms. The normalized spacial score (nSPS) is 20.8. The number of likely N-dealkylation sites (N-methyl/N-ethyl adjacent to an activating group) is 1. The van der Waals surface area contributed by atoms with Gasteiger partial charge < -0.3 is 10.1 Å². The molecule has 1 N–H and O–H groups in total. The molecule has 0 spiro atoms. The van der Waals surface area contributed by atoms with Crippen LogP contribution in [-0.4, -0.2) is 55.5 Å². The number of carbonyl (C=O) groups is 2. The molecule has 1 aromatic carbocycles. The van der Waals surface area contributed by atoms with Crippen molar-refractivity contribution in [3.8, 4) is 0 Å². The van der Waals surface area contributed by atoms with Gasteiger partial charge in [0.1, 0.15) is 11.9 Å². The highest BCUT2D eigenvalue weighted by Crippen LogP contribution is 2.16. The van der Waals surface area contributed by atoms with Gasteiger partial charge in [0.25, 0.3) is 0 Å². The van der Waals surface area contributed by atoms with E-state index in [0.29, 0.717) is 18.7 Å². The lowest BCUT2D eigenvalue weighted by Gasteiger charge is -2.37. The molecule has 0 radical (unpaired) electrons. The number of carbonyl (C=O) groups excluding carboxylic acids is 2. The SMILES string of the molecule is CNC(=O)C1COCCN1C(C)C(=O)c1ccc(F)cc1. The standard InChI is InChI=1S/C15H19FN2O3/c1-10(14(19)11-3-5-12(16)6-4-11)18-7-8-21-9-13(18)15(20)17-2/h3-6,10,13H,7-9H2,1-2H3,(H,17,20). The number of nitrogens with zero attached hydrogens (tertiary/aromatic N) is 1. The highest BCUT2D eigenvalue weighted by atomic mass is 19.1. The van der Waals surface area contributed by atoms with Crippen molar-refractivity contribution >= 4 is 11.7 Å². The largest absolute Gasteiger partial charge is 0.378 e. The number of Topliss-reactive ketones (excluding diaryl/α,β-unsaturated/α-hetero) is 1. The summed E-state index contributed by atoms with van der Waals surface area (Å²) in [6, 6.07) is 4.49. The van der Waals surface area contributed by atoms with E-state index in [2.05, 4.69) is 5.32 Å². The third-order valence-corrected chi connectivity index (χ3v) is 3.72. The molecule has 5 nitrogen and oxygen atoms in total. The van der Waals surface area contributed by atoms with Crippen molar-refractivity contribution in [2.75, 3.05) is 26.8 Å². The minimum Gasteiger partial charge on any atom is -0.378 e. The second kappa shape index (κ2) is 6.78. The first-order valence-corrected chi connectivity index (χ1v) is 6.89. The molecule has 6 heteroatoms. The van der Waals surface area contributed by atoms with Crippen LogP contribution in [0.2, 0.25) is 0 Å². The van der Waals surface area contributed by atoms with E-state index >= 15 is 0 Å². The summed E-state index contributed by atoms with van der Waals surface area (Å²) in [5, 5.41) is 2.58. The quantitative estimate of drug-likeness (QED) is 0.836. The van der Waals surface area contributed by atoms with E-state index in [1.54, 1.807) is 14.0 Å². The number of benzene rings is 1. The number of ether oxygens (including phenoxy) is 1. The first-order valence-electron chi connectivity index (χ1n) is 6.89. The smallest absolute Gasteiger partial charge is 0.239 e. The Bertz CT molecular complexity index is 518. The molecule has 0 bridgehead atoms. The van der Waals surface area contributed by atoms with E-state index in [0.717, 1.165) is 0 Å². The zero-order valence-electron chi connectivity index (χ0n) is 12.1. The maximum absolute atomic E-state index is 12.9. The van der Waals surface area contributed by atoms with Crippen LogP contribution in [0, 0.1) is 5.82 Å². The van der Waals surface area contributed by atoms with E-state index in [1.807, 2.05) is 4.90 Å². The summed E-state index contributed by atoms with van der Waals surface area (Å²) in [5.41, 5.74) is 0.436. The Labute approximate surface area is 123 Å². The molecule has 1 aliphatic heterocycles. The number of rotatable bonds is 4. The maximum atomic E-state index is 12.9. The minimum atomic E-state index is -0.483. The number of hydrogen-bond acceptors (Lipinski definition) is 4. The Kier molecular flexibility index (Phi) is 5.03. The summed E-state index contributed by atoms with van der Waals surface area (Å²) >= 11 is 0. The predicted octanol–water partition coefficient (Wildman–Crippen LogP) is 0.844. The molecule has 0 saturated carbocycles. The third kappa shape index (κ3) is 3.46. The minimum absolute atomic E-state index is 0.134. The molecule has 2 atom stereocenters. The molecule has 0 aliphatic carbocycles. The number of morpholine rings is 1. The summed E-state index contributed by atoms with van der Waals surface area (Å²) in [6.45, 7) is 3.01. The summed E-state index contributed by atoms with van der Waals surface area (Å²) in [5.74, 6) is -0.687. The number of ketones is 1. The van der Waals surface area contributed by atoms with Gasteiger partial charge in [0.15, 0.2) is 5.78 Å². The zero-order chi connectivity index (χ0) is 15.4. The maximum Gasteiger partial charge on any atom is 0.239 e. The average Bonchev–Trinajstić information content (AvgIpc) is 2.53. The summed E-state index contributed by atoms with van der Waals surface area (Å²) < 4.78 is 18.3. The Hall–Kier alpha value is -1.79. The van der Waals surface area contributed by atoms with Crippen LogP contribution in [0.4, 0.5) is 4.39 Å². The van der Waals surface area contributed by atoms with E-state index in [4.69, 9.17) is 4.74 Å². The Morgan fingerprint density at radius 1 is 1.38 bits per heavy atom. The van der Waals surface area contributed by atoms with Crippen LogP contribution in [0.15, 0.2) is 24.3 Å². The van der Waals surface area contributed by atoms with Crippen molar-refractivity contribution in [1.29, 1.82) is 0 Å². The Morgan fingerprint density at radius 2 is 2.05 bits per heavy atom. The second-order valence-electron chi connectivity index (χ2n) is 4.99. The van der Waals surface area contributed by atoms with Gasteiger partial charge in [0.2, 0.25) is 5.91 Å². The van der Waals surface area contributed by atoms with Crippen LogP contribution in [0.5, 0.6) is 0 Å². The lowest BCUT2D eigenvalue weighted by atomic mass is 10.0. The van der Waals surface area contributed by atoms with Crippen LogP contribution >= 0.6 is 0 Å². The van der Waals surface area contributed by atoms with E-state index in [-0.39, 0.29) is 24.1 Å². The van der Waals surface area contributed by atoms with Gasteiger partial charge in [-0.1, -0.05) is 0 Å². The van der Waals surface area contributed by atoms with Crippen molar-refractivity contribution in [3.63, 3.8) is 0 Å². The molecule has 1 saturated heterocycles. The fourth-order valence-electron chi connectivity index (χ4n) is 2.48. The summed E-state index contributed by atoms with van der Waals surface area (Å²) in [7, 11) is 1.56. The highest BCUT2D eigenvalue weighted by Gasteiger charge is 2.35. The second-order valence-corrected chi connectivity index (χ2v) is 4.99. The van der Waals surface area contributed by atoms with Gasteiger partial charge in [-0.25, -0.2) is 4.39 Å².